The van der Waals surface area contributed by atoms with Crippen LogP contribution in [0.5, 0.6) is 11.5 Å². The Balaban J connectivity index is 2.10. The molecule has 1 heterocycles. The van der Waals surface area contributed by atoms with E-state index in [1.54, 1.807) is 24.3 Å². The summed E-state index contributed by atoms with van der Waals surface area (Å²) in [4.78, 5) is 10.7. The molecule has 0 aliphatic heterocycles. The Morgan fingerprint density at radius 2 is 2.05 bits per heavy atom. The van der Waals surface area contributed by atoms with Crippen molar-refractivity contribution in [1.82, 2.24) is 0 Å². The van der Waals surface area contributed by atoms with Crippen molar-refractivity contribution < 1.29 is 13.9 Å². The molecule has 2 aromatic carbocycles. The van der Waals surface area contributed by atoms with Crippen molar-refractivity contribution in [1.29, 1.82) is 5.26 Å². The fourth-order valence-corrected chi connectivity index (χ4v) is 2.21. The van der Waals surface area contributed by atoms with E-state index in [1.165, 1.54) is 6.07 Å². The standard InChI is InChI=1S/C16H8ClNO3/c17-12-7-10(9-19)5-6-14(12)21-16-11-3-1-2-4-13(11)20-15(16)8-18/h1-7,9H. The number of rotatable bonds is 3. The van der Waals surface area contributed by atoms with Crippen LogP contribution in [0.25, 0.3) is 11.0 Å². The Bertz CT molecular complexity index is 877. The average molecular weight is 298 g/mol. The highest BCUT2D eigenvalue weighted by Crippen LogP contribution is 2.38. The summed E-state index contributed by atoms with van der Waals surface area (Å²) in [5.41, 5.74) is 1.01. The molecular formula is C16H8ClNO3. The molecule has 0 atom stereocenters. The number of aldehydes is 1. The second-order valence-electron chi connectivity index (χ2n) is 4.28. The average Bonchev–Trinajstić information content (AvgIpc) is 2.87. The van der Waals surface area contributed by atoms with Gasteiger partial charge in [-0.05, 0) is 30.3 Å². The van der Waals surface area contributed by atoms with Gasteiger partial charge < -0.3 is 9.15 Å². The van der Waals surface area contributed by atoms with Crippen LogP contribution in [0.4, 0.5) is 0 Å². The van der Waals surface area contributed by atoms with E-state index in [0.29, 0.717) is 34.3 Å². The Morgan fingerprint density at radius 1 is 1.24 bits per heavy atom. The van der Waals surface area contributed by atoms with Crippen LogP contribution in [0.15, 0.2) is 46.9 Å². The lowest BCUT2D eigenvalue weighted by molar-refractivity contribution is 0.112. The van der Waals surface area contributed by atoms with Gasteiger partial charge in [-0.1, -0.05) is 23.7 Å². The van der Waals surface area contributed by atoms with Crippen LogP contribution in [0, 0.1) is 11.3 Å². The number of fused-ring (bicyclic) bond motifs is 1. The van der Waals surface area contributed by atoms with E-state index in [1.807, 2.05) is 18.2 Å². The molecule has 3 rings (SSSR count). The van der Waals surface area contributed by atoms with Crippen molar-refractivity contribution in [2.45, 2.75) is 0 Å². The quantitative estimate of drug-likeness (QED) is 0.665. The van der Waals surface area contributed by atoms with Crippen LogP contribution in [0.2, 0.25) is 5.02 Å². The molecule has 0 aliphatic rings. The normalized spacial score (nSPS) is 10.3. The van der Waals surface area contributed by atoms with Crippen LogP contribution >= 0.6 is 11.6 Å². The zero-order valence-electron chi connectivity index (χ0n) is 10.7. The molecule has 0 aliphatic carbocycles. The lowest BCUT2D eigenvalue weighted by atomic mass is 10.2. The molecular weight excluding hydrogens is 290 g/mol. The maximum absolute atomic E-state index is 10.7. The highest BCUT2D eigenvalue weighted by atomic mass is 35.5. The van der Waals surface area contributed by atoms with E-state index in [0.717, 1.165) is 0 Å². The number of furan rings is 1. The van der Waals surface area contributed by atoms with Gasteiger partial charge in [-0.2, -0.15) is 5.26 Å². The summed E-state index contributed by atoms with van der Waals surface area (Å²) < 4.78 is 11.1. The number of carbonyl (C=O) groups is 1. The summed E-state index contributed by atoms with van der Waals surface area (Å²) in [7, 11) is 0. The van der Waals surface area contributed by atoms with Gasteiger partial charge in [0.05, 0.1) is 10.4 Å². The number of halogens is 1. The van der Waals surface area contributed by atoms with Gasteiger partial charge >= 0.3 is 0 Å². The van der Waals surface area contributed by atoms with Crippen molar-refractivity contribution in [2.75, 3.05) is 0 Å². The van der Waals surface area contributed by atoms with Gasteiger partial charge in [0, 0.05) is 5.56 Å². The molecule has 0 unspecified atom stereocenters. The first kappa shape index (κ1) is 13.2. The Hall–Kier alpha value is -2.77. The monoisotopic (exact) mass is 297 g/mol. The molecule has 5 heteroatoms. The summed E-state index contributed by atoms with van der Waals surface area (Å²) in [5, 5.41) is 10.1. The van der Waals surface area contributed by atoms with E-state index in [-0.39, 0.29) is 10.8 Å². The molecule has 0 N–H and O–H groups in total. The third-order valence-electron chi connectivity index (χ3n) is 2.96. The van der Waals surface area contributed by atoms with Gasteiger partial charge in [-0.15, -0.1) is 0 Å². The summed E-state index contributed by atoms with van der Waals surface area (Å²) in [5.74, 6) is 0.742. The summed E-state index contributed by atoms with van der Waals surface area (Å²) in [6, 6.07) is 13.8. The molecule has 0 spiro atoms. The largest absolute Gasteiger partial charge is 0.450 e. The lowest BCUT2D eigenvalue weighted by Gasteiger charge is -2.06. The van der Waals surface area contributed by atoms with Crippen molar-refractivity contribution in [3.63, 3.8) is 0 Å². The summed E-state index contributed by atoms with van der Waals surface area (Å²) >= 11 is 6.07. The maximum Gasteiger partial charge on any atom is 0.247 e. The van der Waals surface area contributed by atoms with Crippen LogP contribution < -0.4 is 4.74 Å². The van der Waals surface area contributed by atoms with Gasteiger partial charge in [-0.3, -0.25) is 4.79 Å². The number of para-hydroxylation sites is 1. The number of hydrogen-bond donors (Lipinski definition) is 0. The molecule has 4 nitrogen and oxygen atoms in total. The number of ether oxygens (including phenoxy) is 1. The van der Waals surface area contributed by atoms with Crippen LogP contribution in [0.1, 0.15) is 16.1 Å². The third kappa shape index (κ3) is 2.35. The first-order chi connectivity index (χ1) is 10.2. The van der Waals surface area contributed by atoms with Crippen LogP contribution in [0.3, 0.4) is 0 Å². The van der Waals surface area contributed by atoms with Crippen molar-refractivity contribution in [2.24, 2.45) is 0 Å². The number of nitrogens with zero attached hydrogens (tertiary/aromatic N) is 1. The molecule has 1 aromatic heterocycles. The molecule has 0 saturated heterocycles. The first-order valence-electron chi connectivity index (χ1n) is 6.07. The molecule has 21 heavy (non-hydrogen) atoms. The zero-order chi connectivity index (χ0) is 14.8. The fourth-order valence-electron chi connectivity index (χ4n) is 1.98. The first-order valence-corrected chi connectivity index (χ1v) is 6.45. The highest BCUT2D eigenvalue weighted by Gasteiger charge is 2.17. The molecule has 0 fully saturated rings. The van der Waals surface area contributed by atoms with Crippen LogP contribution in [-0.2, 0) is 0 Å². The van der Waals surface area contributed by atoms with Gasteiger partial charge in [-0.25, -0.2) is 0 Å². The second kappa shape index (κ2) is 5.31. The SMILES string of the molecule is N#Cc1oc2ccccc2c1Oc1ccc(C=O)cc1Cl. The summed E-state index contributed by atoms with van der Waals surface area (Å²) in [6.07, 6.45) is 0.698. The second-order valence-corrected chi connectivity index (χ2v) is 4.69. The van der Waals surface area contributed by atoms with Crippen molar-refractivity contribution in [3.8, 4) is 17.6 Å². The number of carbonyl (C=O) groups excluding carboxylic acids is 1. The Morgan fingerprint density at radius 3 is 2.76 bits per heavy atom. The van der Waals surface area contributed by atoms with E-state index in [9.17, 15) is 4.79 Å². The van der Waals surface area contributed by atoms with E-state index < -0.39 is 0 Å². The minimum atomic E-state index is 0.0757. The number of benzene rings is 2. The van der Waals surface area contributed by atoms with E-state index in [4.69, 9.17) is 26.0 Å². The molecule has 102 valence electrons. The minimum absolute atomic E-state index is 0.0757. The smallest absolute Gasteiger partial charge is 0.247 e. The van der Waals surface area contributed by atoms with Gasteiger partial charge in [0.2, 0.25) is 5.76 Å². The van der Waals surface area contributed by atoms with Crippen LogP contribution in [-0.4, -0.2) is 6.29 Å². The highest BCUT2D eigenvalue weighted by molar-refractivity contribution is 6.32. The third-order valence-corrected chi connectivity index (χ3v) is 3.25. The van der Waals surface area contributed by atoms with Gasteiger partial charge in [0.25, 0.3) is 0 Å². The van der Waals surface area contributed by atoms with E-state index in [2.05, 4.69) is 0 Å². The Labute approximate surface area is 125 Å². The van der Waals surface area contributed by atoms with Gasteiger partial charge in [0.1, 0.15) is 23.7 Å². The van der Waals surface area contributed by atoms with Crippen molar-refractivity contribution >= 4 is 28.9 Å². The fraction of sp³-hybridized carbons (Fsp3) is 0. The predicted molar refractivity (Wildman–Crippen MR) is 77.8 cm³/mol. The Kier molecular flexibility index (Phi) is 3.35. The van der Waals surface area contributed by atoms with Crippen molar-refractivity contribution in [3.05, 3.63) is 58.8 Å². The number of hydrogen-bond acceptors (Lipinski definition) is 4. The minimum Gasteiger partial charge on any atom is -0.450 e. The van der Waals surface area contributed by atoms with Gasteiger partial charge in [0.15, 0.2) is 5.75 Å². The number of nitriles is 1. The predicted octanol–water partition coefficient (Wildman–Crippen LogP) is 4.56. The lowest BCUT2D eigenvalue weighted by Crippen LogP contribution is -1.88. The molecule has 0 amide bonds. The molecule has 0 saturated carbocycles. The van der Waals surface area contributed by atoms with E-state index >= 15 is 0 Å². The molecule has 0 radical (unpaired) electrons. The maximum atomic E-state index is 10.7. The molecule has 0 bridgehead atoms. The molecule has 3 aromatic rings. The zero-order valence-corrected chi connectivity index (χ0v) is 11.4. The summed E-state index contributed by atoms with van der Waals surface area (Å²) in [6.45, 7) is 0. The topological polar surface area (TPSA) is 63.2 Å².